The molecule has 8 heteroatoms. The lowest BCUT2D eigenvalue weighted by molar-refractivity contribution is 0.0213. The summed E-state index contributed by atoms with van der Waals surface area (Å²) in [4.78, 5) is 2.46. The standard InChI is InChI=1S/C7H10N6O2/c8-6-2-1-4(11-12-6)7(15)5(14)3-10-13-9/h1-2,5,7,14-15H,3H2,(H2,8,12). The van der Waals surface area contributed by atoms with Crippen molar-refractivity contribution in [2.45, 2.75) is 12.2 Å². The number of aliphatic hydroxyl groups excluding tert-OH is 2. The van der Waals surface area contributed by atoms with Crippen LogP contribution in [0.3, 0.4) is 0 Å². The summed E-state index contributed by atoms with van der Waals surface area (Å²) in [7, 11) is 0. The minimum Gasteiger partial charge on any atom is -0.390 e. The summed E-state index contributed by atoms with van der Waals surface area (Å²) in [5.74, 6) is 0.218. The molecule has 0 saturated carbocycles. The van der Waals surface area contributed by atoms with Crippen LogP contribution in [0.5, 0.6) is 0 Å². The molecule has 2 unspecified atom stereocenters. The van der Waals surface area contributed by atoms with E-state index in [0.717, 1.165) is 0 Å². The summed E-state index contributed by atoms with van der Waals surface area (Å²) in [6.07, 6.45) is -2.46. The van der Waals surface area contributed by atoms with E-state index in [9.17, 15) is 10.2 Å². The topological polar surface area (TPSA) is 141 Å². The molecule has 80 valence electrons. The van der Waals surface area contributed by atoms with Crippen LogP contribution in [0.15, 0.2) is 17.2 Å². The van der Waals surface area contributed by atoms with Gasteiger partial charge in [0.1, 0.15) is 11.9 Å². The highest BCUT2D eigenvalue weighted by molar-refractivity contribution is 5.26. The summed E-state index contributed by atoms with van der Waals surface area (Å²) >= 11 is 0. The monoisotopic (exact) mass is 210 g/mol. The average Bonchev–Trinajstić information content (AvgIpc) is 2.26. The molecule has 0 fully saturated rings. The van der Waals surface area contributed by atoms with Gasteiger partial charge in [-0.3, -0.25) is 0 Å². The molecule has 0 aliphatic rings. The van der Waals surface area contributed by atoms with Crippen LogP contribution < -0.4 is 5.73 Å². The van der Waals surface area contributed by atoms with Gasteiger partial charge in [0.2, 0.25) is 0 Å². The molecule has 0 aliphatic carbocycles. The Morgan fingerprint density at radius 3 is 2.73 bits per heavy atom. The van der Waals surface area contributed by atoms with Crippen molar-refractivity contribution >= 4 is 5.82 Å². The van der Waals surface area contributed by atoms with Crippen LogP contribution in [0.25, 0.3) is 10.4 Å². The molecule has 0 aliphatic heterocycles. The second kappa shape index (κ2) is 5.11. The lowest BCUT2D eigenvalue weighted by atomic mass is 10.1. The number of rotatable bonds is 4. The van der Waals surface area contributed by atoms with Gasteiger partial charge in [-0.05, 0) is 17.7 Å². The van der Waals surface area contributed by atoms with Crippen molar-refractivity contribution in [3.63, 3.8) is 0 Å². The van der Waals surface area contributed by atoms with Crippen molar-refractivity contribution in [3.05, 3.63) is 28.3 Å². The number of hydrogen-bond acceptors (Lipinski definition) is 6. The van der Waals surface area contributed by atoms with Gasteiger partial charge in [-0.25, -0.2) is 0 Å². The van der Waals surface area contributed by atoms with Crippen LogP contribution in [0.2, 0.25) is 0 Å². The third-order valence-corrected chi connectivity index (χ3v) is 1.71. The van der Waals surface area contributed by atoms with Gasteiger partial charge in [0, 0.05) is 4.91 Å². The van der Waals surface area contributed by atoms with Crippen molar-refractivity contribution < 1.29 is 10.2 Å². The van der Waals surface area contributed by atoms with E-state index < -0.39 is 12.2 Å². The second-order valence-electron chi connectivity index (χ2n) is 2.81. The molecule has 0 spiro atoms. The van der Waals surface area contributed by atoms with Gasteiger partial charge in [-0.2, -0.15) is 5.10 Å². The summed E-state index contributed by atoms with van der Waals surface area (Å²) < 4.78 is 0. The largest absolute Gasteiger partial charge is 0.390 e. The van der Waals surface area contributed by atoms with Crippen molar-refractivity contribution in [2.24, 2.45) is 5.11 Å². The molecular formula is C7H10N6O2. The maximum atomic E-state index is 9.53. The fraction of sp³-hybridized carbons (Fsp3) is 0.429. The average molecular weight is 210 g/mol. The molecule has 1 heterocycles. The summed E-state index contributed by atoms with van der Waals surface area (Å²) in [6.45, 7) is -0.232. The van der Waals surface area contributed by atoms with Gasteiger partial charge in [-0.15, -0.1) is 5.10 Å². The molecule has 1 rings (SSSR count). The van der Waals surface area contributed by atoms with Gasteiger partial charge >= 0.3 is 0 Å². The van der Waals surface area contributed by atoms with Crippen LogP contribution in [-0.4, -0.2) is 33.1 Å². The molecule has 4 N–H and O–H groups in total. The quantitative estimate of drug-likeness (QED) is 0.357. The smallest absolute Gasteiger partial charge is 0.146 e. The summed E-state index contributed by atoms with van der Waals surface area (Å²) in [5.41, 5.74) is 13.5. The van der Waals surface area contributed by atoms with E-state index in [4.69, 9.17) is 11.3 Å². The third-order valence-electron chi connectivity index (χ3n) is 1.71. The Morgan fingerprint density at radius 1 is 1.47 bits per heavy atom. The van der Waals surface area contributed by atoms with Crippen LogP contribution in [0, 0.1) is 0 Å². The molecular weight excluding hydrogens is 200 g/mol. The van der Waals surface area contributed by atoms with E-state index >= 15 is 0 Å². The number of aromatic nitrogens is 2. The molecule has 0 radical (unpaired) electrons. The summed E-state index contributed by atoms with van der Waals surface area (Å²) in [5, 5.41) is 29.1. The molecule has 1 aromatic rings. The fourth-order valence-electron chi connectivity index (χ4n) is 0.928. The van der Waals surface area contributed by atoms with Gasteiger partial charge in [-0.1, -0.05) is 5.11 Å². The first kappa shape index (κ1) is 11.2. The minimum absolute atomic E-state index is 0.171. The Labute approximate surface area is 85.0 Å². The molecule has 0 saturated heterocycles. The van der Waals surface area contributed by atoms with Crippen LogP contribution in [0.1, 0.15) is 11.8 Å². The molecule has 0 amide bonds. The van der Waals surface area contributed by atoms with Gasteiger partial charge < -0.3 is 15.9 Å². The van der Waals surface area contributed by atoms with Gasteiger partial charge in [0.15, 0.2) is 0 Å². The molecule has 0 bridgehead atoms. The van der Waals surface area contributed by atoms with Crippen molar-refractivity contribution in [1.82, 2.24) is 10.2 Å². The molecule has 0 aromatic carbocycles. The van der Waals surface area contributed by atoms with Crippen LogP contribution in [0.4, 0.5) is 5.82 Å². The highest BCUT2D eigenvalue weighted by atomic mass is 16.3. The van der Waals surface area contributed by atoms with Crippen LogP contribution >= 0.6 is 0 Å². The Kier molecular flexibility index (Phi) is 3.81. The first-order valence-corrected chi connectivity index (χ1v) is 4.11. The highest BCUT2D eigenvalue weighted by Crippen LogP contribution is 2.14. The number of nitrogens with zero attached hydrogens (tertiary/aromatic N) is 5. The summed E-state index contributed by atoms with van der Waals surface area (Å²) in [6, 6.07) is 2.89. The van der Waals surface area contributed by atoms with E-state index in [1.165, 1.54) is 12.1 Å². The van der Waals surface area contributed by atoms with E-state index in [2.05, 4.69) is 20.2 Å². The molecule has 2 atom stereocenters. The first-order chi connectivity index (χ1) is 7.15. The molecule has 8 nitrogen and oxygen atoms in total. The van der Waals surface area contributed by atoms with E-state index in [1.807, 2.05) is 0 Å². The van der Waals surface area contributed by atoms with Crippen molar-refractivity contribution in [1.29, 1.82) is 0 Å². The van der Waals surface area contributed by atoms with E-state index in [0.29, 0.717) is 0 Å². The first-order valence-electron chi connectivity index (χ1n) is 4.11. The number of nitrogens with two attached hydrogens (primary N) is 1. The molecule has 15 heavy (non-hydrogen) atoms. The number of anilines is 1. The normalized spacial score (nSPS) is 14.0. The Morgan fingerprint density at radius 2 is 2.20 bits per heavy atom. The fourth-order valence-corrected chi connectivity index (χ4v) is 0.928. The maximum absolute atomic E-state index is 9.53. The number of nitrogen functional groups attached to an aromatic ring is 1. The van der Waals surface area contributed by atoms with Crippen molar-refractivity contribution in [2.75, 3.05) is 12.3 Å². The Hall–Kier alpha value is -1.89. The Bertz CT molecular complexity index is 360. The number of hydrogen-bond donors (Lipinski definition) is 3. The SMILES string of the molecule is [N-]=[N+]=NCC(O)C(O)c1ccc(N)nn1. The minimum atomic E-state index is -1.25. The van der Waals surface area contributed by atoms with Crippen molar-refractivity contribution in [3.8, 4) is 0 Å². The van der Waals surface area contributed by atoms with E-state index in [-0.39, 0.29) is 18.1 Å². The zero-order valence-corrected chi connectivity index (χ0v) is 7.72. The lowest BCUT2D eigenvalue weighted by Gasteiger charge is -2.14. The van der Waals surface area contributed by atoms with Gasteiger partial charge in [0.05, 0.1) is 18.3 Å². The number of aliphatic hydroxyl groups is 2. The lowest BCUT2D eigenvalue weighted by Crippen LogP contribution is -2.22. The number of azide groups is 1. The predicted octanol–water partition coefficient (Wildman–Crippen LogP) is -0.237. The zero-order valence-electron chi connectivity index (χ0n) is 7.72. The predicted molar refractivity (Wildman–Crippen MR) is 51.4 cm³/mol. The third kappa shape index (κ3) is 3.06. The Balaban J connectivity index is 2.70. The zero-order chi connectivity index (χ0) is 11.3. The maximum Gasteiger partial charge on any atom is 0.146 e. The van der Waals surface area contributed by atoms with Crippen LogP contribution in [-0.2, 0) is 0 Å². The van der Waals surface area contributed by atoms with E-state index in [1.54, 1.807) is 0 Å². The highest BCUT2D eigenvalue weighted by Gasteiger charge is 2.19. The van der Waals surface area contributed by atoms with Gasteiger partial charge in [0.25, 0.3) is 0 Å². The second-order valence-corrected chi connectivity index (χ2v) is 2.81. The molecule has 1 aromatic heterocycles.